The molecule has 82 valence electrons. The maximum Gasteiger partial charge on any atom is 0.106 e. The third-order valence-corrected chi connectivity index (χ3v) is 3.62. The summed E-state index contributed by atoms with van der Waals surface area (Å²) in [6, 6.07) is 4.82. The van der Waals surface area contributed by atoms with Gasteiger partial charge in [0.1, 0.15) is 4.60 Å². The molecule has 0 aromatic carbocycles. The molecule has 1 saturated heterocycles. The molecule has 1 atom stereocenters. The smallest absolute Gasteiger partial charge is 0.106 e. The van der Waals surface area contributed by atoms with Crippen LogP contribution in [-0.4, -0.2) is 23.0 Å². The second kappa shape index (κ2) is 5.08. The van der Waals surface area contributed by atoms with Crippen molar-refractivity contribution in [1.82, 2.24) is 9.88 Å². The van der Waals surface area contributed by atoms with E-state index in [0.29, 0.717) is 6.04 Å². The average Bonchev–Trinajstić information content (AvgIpc) is 2.30. The minimum atomic E-state index is 0.587. The number of piperidine rings is 1. The van der Waals surface area contributed by atoms with Crippen LogP contribution in [0.3, 0.4) is 0 Å². The van der Waals surface area contributed by atoms with Crippen LogP contribution in [0.2, 0.25) is 0 Å². The first-order valence-electron chi connectivity index (χ1n) is 5.66. The third kappa shape index (κ3) is 2.58. The quantitative estimate of drug-likeness (QED) is 0.765. The Balaban J connectivity index is 2.16. The van der Waals surface area contributed by atoms with Crippen LogP contribution < -0.4 is 0 Å². The van der Waals surface area contributed by atoms with Gasteiger partial charge in [-0.2, -0.15) is 0 Å². The van der Waals surface area contributed by atoms with Gasteiger partial charge in [-0.15, -0.1) is 0 Å². The second-order valence-corrected chi connectivity index (χ2v) is 4.87. The zero-order chi connectivity index (χ0) is 10.7. The highest BCUT2D eigenvalue weighted by Crippen LogP contribution is 2.30. The lowest BCUT2D eigenvalue weighted by Gasteiger charge is -2.34. The van der Waals surface area contributed by atoms with E-state index in [2.05, 4.69) is 38.8 Å². The molecule has 1 aliphatic heterocycles. The van der Waals surface area contributed by atoms with E-state index >= 15 is 0 Å². The minimum absolute atomic E-state index is 0.587. The number of hydrogen-bond donors (Lipinski definition) is 0. The molecule has 0 bridgehead atoms. The van der Waals surface area contributed by atoms with E-state index in [0.717, 1.165) is 11.1 Å². The van der Waals surface area contributed by atoms with Gasteiger partial charge in [-0.3, -0.25) is 4.90 Å². The second-order valence-electron chi connectivity index (χ2n) is 4.05. The van der Waals surface area contributed by atoms with Crippen LogP contribution in [0.15, 0.2) is 22.9 Å². The molecule has 0 spiro atoms. The summed E-state index contributed by atoms with van der Waals surface area (Å²) in [6.45, 7) is 4.61. The lowest BCUT2D eigenvalue weighted by Crippen LogP contribution is -2.33. The van der Waals surface area contributed by atoms with Gasteiger partial charge in [0.2, 0.25) is 0 Å². The highest BCUT2D eigenvalue weighted by atomic mass is 79.9. The van der Waals surface area contributed by atoms with Crippen molar-refractivity contribution in [3.05, 3.63) is 28.5 Å². The molecule has 2 nitrogen and oxygen atoms in total. The zero-order valence-electron chi connectivity index (χ0n) is 9.12. The average molecular weight is 269 g/mol. The first kappa shape index (κ1) is 11.1. The van der Waals surface area contributed by atoms with Crippen LogP contribution in [0.5, 0.6) is 0 Å². The number of aromatic nitrogens is 1. The standard InChI is InChI=1S/C12H17BrN2/c1-2-15-8-4-3-5-11(15)10-6-7-12(13)14-9-10/h6-7,9,11H,2-5,8H2,1H3/t11-/m1/s1. The van der Waals surface area contributed by atoms with Gasteiger partial charge < -0.3 is 0 Å². The Kier molecular flexibility index (Phi) is 3.76. The lowest BCUT2D eigenvalue weighted by atomic mass is 9.96. The molecule has 1 fully saturated rings. The van der Waals surface area contributed by atoms with Crippen molar-refractivity contribution in [2.45, 2.75) is 32.2 Å². The van der Waals surface area contributed by atoms with E-state index in [1.54, 1.807) is 0 Å². The molecule has 0 unspecified atom stereocenters. The molecular formula is C12H17BrN2. The van der Waals surface area contributed by atoms with Crippen LogP contribution in [0, 0.1) is 0 Å². The number of hydrogen-bond acceptors (Lipinski definition) is 2. The fourth-order valence-electron chi connectivity index (χ4n) is 2.33. The van der Waals surface area contributed by atoms with Crippen molar-refractivity contribution in [2.24, 2.45) is 0 Å². The summed E-state index contributed by atoms with van der Waals surface area (Å²) < 4.78 is 0.921. The van der Waals surface area contributed by atoms with E-state index < -0.39 is 0 Å². The van der Waals surface area contributed by atoms with E-state index in [1.807, 2.05) is 12.3 Å². The fraction of sp³-hybridized carbons (Fsp3) is 0.583. The van der Waals surface area contributed by atoms with E-state index in [-0.39, 0.29) is 0 Å². The number of halogens is 1. The fourth-order valence-corrected chi connectivity index (χ4v) is 2.57. The van der Waals surface area contributed by atoms with Crippen molar-refractivity contribution >= 4 is 15.9 Å². The molecule has 2 rings (SSSR count). The van der Waals surface area contributed by atoms with Crippen LogP contribution in [0.25, 0.3) is 0 Å². The highest BCUT2D eigenvalue weighted by molar-refractivity contribution is 9.10. The normalized spacial score (nSPS) is 22.9. The molecule has 2 heterocycles. The Morgan fingerprint density at radius 1 is 1.47 bits per heavy atom. The van der Waals surface area contributed by atoms with E-state index in [4.69, 9.17) is 0 Å². The van der Waals surface area contributed by atoms with Crippen molar-refractivity contribution in [3.8, 4) is 0 Å². The summed E-state index contributed by atoms with van der Waals surface area (Å²) in [4.78, 5) is 6.86. The van der Waals surface area contributed by atoms with Gasteiger partial charge in [-0.05, 0) is 53.5 Å². The minimum Gasteiger partial charge on any atom is -0.297 e. The molecule has 1 aromatic rings. The Bertz CT molecular complexity index is 310. The Labute approximate surface area is 99.8 Å². The summed E-state index contributed by atoms with van der Waals surface area (Å²) in [5.74, 6) is 0. The molecular weight excluding hydrogens is 252 g/mol. The Morgan fingerprint density at radius 3 is 3.00 bits per heavy atom. The Hall–Kier alpha value is -0.410. The van der Waals surface area contributed by atoms with Gasteiger partial charge in [-0.1, -0.05) is 19.4 Å². The summed E-state index contributed by atoms with van der Waals surface area (Å²) in [7, 11) is 0. The summed E-state index contributed by atoms with van der Waals surface area (Å²) in [5.41, 5.74) is 1.36. The molecule has 15 heavy (non-hydrogen) atoms. The van der Waals surface area contributed by atoms with E-state index in [1.165, 1.54) is 31.4 Å². The van der Waals surface area contributed by atoms with Crippen molar-refractivity contribution < 1.29 is 0 Å². The van der Waals surface area contributed by atoms with Gasteiger partial charge >= 0.3 is 0 Å². The van der Waals surface area contributed by atoms with Gasteiger partial charge in [0.05, 0.1) is 0 Å². The van der Waals surface area contributed by atoms with Crippen molar-refractivity contribution in [2.75, 3.05) is 13.1 Å². The summed E-state index contributed by atoms with van der Waals surface area (Å²) in [5, 5.41) is 0. The number of pyridine rings is 1. The molecule has 0 saturated carbocycles. The summed E-state index contributed by atoms with van der Waals surface area (Å²) in [6.07, 6.45) is 5.96. The number of rotatable bonds is 2. The predicted molar refractivity (Wildman–Crippen MR) is 65.8 cm³/mol. The molecule has 1 aliphatic rings. The highest BCUT2D eigenvalue weighted by Gasteiger charge is 2.22. The van der Waals surface area contributed by atoms with Crippen LogP contribution >= 0.6 is 15.9 Å². The van der Waals surface area contributed by atoms with Gasteiger partial charge in [0.15, 0.2) is 0 Å². The molecule has 0 aliphatic carbocycles. The van der Waals surface area contributed by atoms with Crippen LogP contribution in [-0.2, 0) is 0 Å². The Morgan fingerprint density at radius 2 is 2.33 bits per heavy atom. The van der Waals surface area contributed by atoms with Gasteiger partial charge in [-0.25, -0.2) is 4.98 Å². The van der Waals surface area contributed by atoms with Crippen LogP contribution in [0.1, 0.15) is 37.8 Å². The maximum absolute atomic E-state index is 4.31. The molecule has 0 N–H and O–H groups in total. The molecule has 0 radical (unpaired) electrons. The first-order valence-corrected chi connectivity index (χ1v) is 6.46. The number of likely N-dealkylation sites (tertiary alicyclic amines) is 1. The van der Waals surface area contributed by atoms with Crippen molar-refractivity contribution in [3.63, 3.8) is 0 Å². The van der Waals surface area contributed by atoms with Crippen LogP contribution in [0.4, 0.5) is 0 Å². The third-order valence-electron chi connectivity index (χ3n) is 3.15. The molecule has 0 amide bonds. The van der Waals surface area contributed by atoms with Gasteiger partial charge in [0, 0.05) is 12.2 Å². The largest absolute Gasteiger partial charge is 0.297 e. The zero-order valence-corrected chi connectivity index (χ0v) is 10.7. The lowest BCUT2D eigenvalue weighted by molar-refractivity contribution is 0.157. The topological polar surface area (TPSA) is 16.1 Å². The summed E-state index contributed by atoms with van der Waals surface area (Å²) >= 11 is 3.38. The SMILES string of the molecule is CCN1CCCC[C@@H]1c1ccc(Br)nc1. The van der Waals surface area contributed by atoms with Gasteiger partial charge in [0.25, 0.3) is 0 Å². The first-order chi connectivity index (χ1) is 7.31. The molecule has 3 heteroatoms. The van der Waals surface area contributed by atoms with E-state index in [9.17, 15) is 0 Å². The predicted octanol–water partition coefficient (Wildman–Crippen LogP) is 3.39. The molecule has 1 aromatic heterocycles. The number of nitrogens with zero attached hydrogens (tertiary/aromatic N) is 2. The monoisotopic (exact) mass is 268 g/mol. The maximum atomic E-state index is 4.31. The van der Waals surface area contributed by atoms with Crippen molar-refractivity contribution in [1.29, 1.82) is 0 Å².